The minimum atomic E-state index is -0.0245. The molecule has 1 N–H and O–H groups in total. The Morgan fingerprint density at radius 2 is 2.19 bits per heavy atom. The molecular formula is C19H21ClN4O2. The lowest BCUT2D eigenvalue weighted by atomic mass is 10.1. The van der Waals surface area contributed by atoms with Crippen molar-refractivity contribution in [1.29, 1.82) is 0 Å². The van der Waals surface area contributed by atoms with E-state index in [0.29, 0.717) is 16.4 Å². The van der Waals surface area contributed by atoms with Crippen molar-refractivity contribution in [3.8, 4) is 0 Å². The maximum absolute atomic E-state index is 11.9. The van der Waals surface area contributed by atoms with Gasteiger partial charge in [-0.2, -0.15) is 9.83 Å². The van der Waals surface area contributed by atoms with E-state index < -0.39 is 0 Å². The summed E-state index contributed by atoms with van der Waals surface area (Å²) in [6, 6.07) is 5.76. The maximum atomic E-state index is 11.9. The first-order chi connectivity index (χ1) is 12.5. The zero-order chi connectivity index (χ0) is 18.3. The molecule has 0 spiro atoms. The molecule has 1 fully saturated rings. The minimum absolute atomic E-state index is 0.0245. The van der Waals surface area contributed by atoms with Gasteiger partial charge in [-0.25, -0.2) is 4.68 Å². The van der Waals surface area contributed by atoms with Crippen molar-refractivity contribution in [3.05, 3.63) is 52.1 Å². The maximum Gasteiger partial charge on any atom is 0.205 e. The Morgan fingerprint density at radius 3 is 2.96 bits per heavy atom. The molecule has 3 aromatic rings. The first-order valence-electron chi connectivity index (χ1n) is 8.79. The molecule has 0 radical (unpaired) electrons. The molecule has 26 heavy (non-hydrogen) atoms. The number of halogens is 1. The Labute approximate surface area is 156 Å². The Bertz CT molecular complexity index is 964. The quantitative estimate of drug-likeness (QED) is 0.547. The van der Waals surface area contributed by atoms with Crippen LogP contribution < -0.4 is 10.0 Å². The molecule has 1 aromatic carbocycles. The van der Waals surface area contributed by atoms with Crippen LogP contribution >= 0.6 is 11.6 Å². The standard InChI is InChI=1S/C19H21ClN4O2/c1-12-6-7-17-14(10-21-24(17)18-5-3-4-8-26-18)19(12)22-16-11-23(25)13(2)9-15(16)20/h6-7,9-11,18,22H,3-5,8H2,1-2H3. The minimum Gasteiger partial charge on any atom is -0.618 e. The average molecular weight is 373 g/mol. The summed E-state index contributed by atoms with van der Waals surface area (Å²) >= 11 is 6.33. The van der Waals surface area contributed by atoms with Gasteiger partial charge in [-0.05, 0) is 37.8 Å². The number of rotatable bonds is 3. The van der Waals surface area contributed by atoms with Crippen LogP contribution in [0.2, 0.25) is 5.02 Å². The molecule has 6 nitrogen and oxygen atoms in total. The Kier molecular flexibility index (Phi) is 4.46. The van der Waals surface area contributed by atoms with E-state index in [1.807, 2.05) is 23.9 Å². The zero-order valence-corrected chi connectivity index (χ0v) is 15.6. The number of hydrogen-bond donors (Lipinski definition) is 1. The number of fused-ring (bicyclic) bond motifs is 1. The van der Waals surface area contributed by atoms with Crippen LogP contribution in [0.25, 0.3) is 10.9 Å². The third-order valence-corrected chi connectivity index (χ3v) is 5.18. The normalized spacial score (nSPS) is 17.6. The van der Waals surface area contributed by atoms with Crippen molar-refractivity contribution >= 4 is 33.9 Å². The highest BCUT2D eigenvalue weighted by atomic mass is 35.5. The number of hydrogen-bond acceptors (Lipinski definition) is 4. The highest BCUT2D eigenvalue weighted by molar-refractivity contribution is 6.33. The molecule has 1 atom stereocenters. The summed E-state index contributed by atoms with van der Waals surface area (Å²) in [5, 5.41) is 21.3. The Balaban J connectivity index is 1.76. The van der Waals surface area contributed by atoms with E-state index in [2.05, 4.69) is 16.5 Å². The molecule has 1 aliphatic rings. The van der Waals surface area contributed by atoms with Crippen LogP contribution in [0.1, 0.15) is 36.7 Å². The SMILES string of the molecule is Cc1ccc2c(cnn2C2CCCCO2)c1Nc1c[n+]([O-])c(C)cc1Cl. The third kappa shape index (κ3) is 2.99. The molecule has 2 aromatic heterocycles. The molecule has 4 rings (SSSR count). The van der Waals surface area contributed by atoms with Gasteiger partial charge in [0.05, 0.1) is 22.4 Å². The number of nitrogens with zero attached hydrogens (tertiary/aromatic N) is 3. The highest BCUT2D eigenvalue weighted by Crippen LogP contribution is 2.34. The fourth-order valence-corrected chi connectivity index (χ4v) is 3.63. The number of ether oxygens (including phenoxy) is 1. The molecule has 1 aliphatic heterocycles. The molecule has 3 heterocycles. The smallest absolute Gasteiger partial charge is 0.205 e. The summed E-state index contributed by atoms with van der Waals surface area (Å²) in [6.07, 6.45) is 6.49. The largest absolute Gasteiger partial charge is 0.618 e. The number of aryl methyl sites for hydroxylation is 2. The molecule has 0 aliphatic carbocycles. The molecule has 0 bridgehead atoms. The average Bonchev–Trinajstić information content (AvgIpc) is 3.06. The molecule has 136 valence electrons. The summed E-state index contributed by atoms with van der Waals surface area (Å²) in [6.45, 7) is 4.51. The second kappa shape index (κ2) is 6.78. The van der Waals surface area contributed by atoms with Crippen LogP contribution in [0.4, 0.5) is 11.4 Å². The van der Waals surface area contributed by atoms with Crippen molar-refractivity contribution in [2.24, 2.45) is 0 Å². The number of anilines is 2. The first kappa shape index (κ1) is 17.1. The number of pyridine rings is 1. The van der Waals surface area contributed by atoms with E-state index in [4.69, 9.17) is 16.3 Å². The van der Waals surface area contributed by atoms with Gasteiger partial charge in [-0.1, -0.05) is 17.7 Å². The van der Waals surface area contributed by atoms with E-state index in [-0.39, 0.29) is 6.23 Å². The van der Waals surface area contributed by atoms with E-state index in [9.17, 15) is 5.21 Å². The molecule has 7 heteroatoms. The zero-order valence-electron chi connectivity index (χ0n) is 14.8. The summed E-state index contributed by atoms with van der Waals surface area (Å²) in [7, 11) is 0. The molecule has 1 unspecified atom stereocenters. The van der Waals surface area contributed by atoms with E-state index in [1.54, 1.807) is 13.0 Å². The highest BCUT2D eigenvalue weighted by Gasteiger charge is 2.20. The Hall–Kier alpha value is -2.31. The van der Waals surface area contributed by atoms with Crippen LogP contribution in [0.15, 0.2) is 30.6 Å². The van der Waals surface area contributed by atoms with Crippen LogP contribution in [0.5, 0.6) is 0 Å². The van der Waals surface area contributed by atoms with Gasteiger partial charge in [0.15, 0.2) is 11.9 Å². The Morgan fingerprint density at radius 1 is 1.35 bits per heavy atom. The van der Waals surface area contributed by atoms with Crippen molar-refractivity contribution < 1.29 is 9.47 Å². The third-order valence-electron chi connectivity index (χ3n) is 4.86. The molecule has 0 amide bonds. The number of benzene rings is 1. The number of aromatic nitrogens is 3. The lowest BCUT2D eigenvalue weighted by Gasteiger charge is -2.23. The van der Waals surface area contributed by atoms with Gasteiger partial charge in [0.1, 0.15) is 5.69 Å². The molecule has 0 saturated carbocycles. The molecule has 1 saturated heterocycles. The summed E-state index contributed by atoms with van der Waals surface area (Å²) < 4.78 is 8.64. The fraction of sp³-hybridized carbons (Fsp3) is 0.368. The lowest BCUT2D eigenvalue weighted by molar-refractivity contribution is -0.611. The van der Waals surface area contributed by atoms with Crippen molar-refractivity contribution in [2.75, 3.05) is 11.9 Å². The second-order valence-electron chi connectivity index (χ2n) is 6.73. The predicted octanol–water partition coefficient (Wildman–Crippen LogP) is 4.38. The van der Waals surface area contributed by atoms with Gasteiger partial charge >= 0.3 is 0 Å². The summed E-state index contributed by atoms with van der Waals surface area (Å²) in [5.74, 6) is 0. The molecular weight excluding hydrogens is 352 g/mol. The predicted molar refractivity (Wildman–Crippen MR) is 102 cm³/mol. The second-order valence-corrected chi connectivity index (χ2v) is 7.14. The van der Waals surface area contributed by atoms with Crippen LogP contribution in [-0.2, 0) is 4.74 Å². The van der Waals surface area contributed by atoms with Gasteiger partial charge in [0.2, 0.25) is 6.20 Å². The first-order valence-corrected chi connectivity index (χ1v) is 9.17. The van der Waals surface area contributed by atoms with Crippen molar-refractivity contribution in [3.63, 3.8) is 0 Å². The van der Waals surface area contributed by atoms with E-state index in [1.165, 1.54) is 6.20 Å². The van der Waals surface area contributed by atoms with Gasteiger partial charge in [0, 0.05) is 25.0 Å². The van der Waals surface area contributed by atoms with E-state index in [0.717, 1.165) is 52.8 Å². The van der Waals surface area contributed by atoms with E-state index >= 15 is 0 Å². The van der Waals surface area contributed by atoms with Crippen LogP contribution in [0.3, 0.4) is 0 Å². The van der Waals surface area contributed by atoms with Gasteiger partial charge < -0.3 is 15.3 Å². The summed E-state index contributed by atoms with van der Waals surface area (Å²) in [5.41, 5.74) is 4.08. The van der Waals surface area contributed by atoms with Crippen LogP contribution in [-0.4, -0.2) is 16.4 Å². The van der Waals surface area contributed by atoms with Gasteiger partial charge in [0.25, 0.3) is 0 Å². The monoisotopic (exact) mass is 372 g/mol. The topological polar surface area (TPSA) is 66.0 Å². The number of nitrogens with one attached hydrogen (secondary N) is 1. The fourth-order valence-electron chi connectivity index (χ4n) is 3.37. The van der Waals surface area contributed by atoms with Gasteiger partial charge in [-0.15, -0.1) is 0 Å². The van der Waals surface area contributed by atoms with Crippen molar-refractivity contribution in [2.45, 2.75) is 39.3 Å². The van der Waals surface area contributed by atoms with Gasteiger partial charge in [-0.3, -0.25) is 0 Å². The van der Waals surface area contributed by atoms with Crippen molar-refractivity contribution in [1.82, 2.24) is 9.78 Å². The summed E-state index contributed by atoms with van der Waals surface area (Å²) in [4.78, 5) is 0. The van der Waals surface area contributed by atoms with Crippen LogP contribution in [0, 0.1) is 19.1 Å². The lowest BCUT2D eigenvalue weighted by Crippen LogP contribution is -2.29.